The Kier molecular flexibility index (Phi) is 6.95. The zero-order chi connectivity index (χ0) is 20.9. The number of benzene rings is 2. The van der Waals surface area contributed by atoms with Gasteiger partial charge in [0.05, 0.1) is 14.2 Å². The summed E-state index contributed by atoms with van der Waals surface area (Å²) in [5.74, 6) is 0.974. The van der Waals surface area contributed by atoms with Gasteiger partial charge in [0.15, 0.2) is 16.6 Å². The van der Waals surface area contributed by atoms with Crippen molar-refractivity contribution in [2.24, 2.45) is 0 Å². The van der Waals surface area contributed by atoms with Gasteiger partial charge in [0.1, 0.15) is 5.75 Å². The quantitative estimate of drug-likeness (QED) is 0.689. The molecule has 0 amide bonds. The molecule has 0 aliphatic carbocycles. The fourth-order valence-corrected chi connectivity index (χ4v) is 2.66. The van der Waals surface area contributed by atoms with Crippen molar-refractivity contribution < 1.29 is 27.4 Å². The Balaban J connectivity index is 2.03. The van der Waals surface area contributed by atoms with Crippen LogP contribution in [0.25, 0.3) is 0 Å². The highest BCUT2D eigenvalue weighted by molar-refractivity contribution is 7.80. The first kappa shape index (κ1) is 21.6. The van der Waals surface area contributed by atoms with E-state index in [2.05, 4.69) is 10.1 Å². The van der Waals surface area contributed by atoms with Gasteiger partial charge >= 0.3 is 6.36 Å². The molecule has 5 nitrogen and oxygen atoms in total. The number of nitrogens with zero attached hydrogens (tertiary/aromatic N) is 1. The summed E-state index contributed by atoms with van der Waals surface area (Å²) in [6, 6.07) is 9.13. The Morgan fingerprint density at radius 1 is 1.07 bits per heavy atom. The molecule has 0 fully saturated rings. The number of hydrogen-bond acceptors (Lipinski definition) is 4. The summed E-state index contributed by atoms with van der Waals surface area (Å²) in [5.41, 5.74) is 2.56. The Morgan fingerprint density at radius 2 is 1.64 bits per heavy atom. The molecule has 0 heterocycles. The first-order valence-electron chi connectivity index (χ1n) is 8.22. The maximum atomic E-state index is 12.2. The highest BCUT2D eigenvalue weighted by Crippen LogP contribution is 2.31. The lowest BCUT2D eigenvalue weighted by Gasteiger charge is -2.23. The monoisotopic (exact) mass is 414 g/mol. The maximum absolute atomic E-state index is 12.2. The van der Waals surface area contributed by atoms with Crippen LogP contribution in [0.3, 0.4) is 0 Å². The molecule has 152 valence electrons. The van der Waals surface area contributed by atoms with E-state index in [0.717, 1.165) is 11.1 Å². The highest BCUT2D eigenvalue weighted by atomic mass is 32.1. The van der Waals surface area contributed by atoms with Gasteiger partial charge in [0.2, 0.25) is 0 Å². The molecule has 2 aromatic carbocycles. The molecule has 0 aliphatic heterocycles. The fraction of sp³-hybridized carbons (Fsp3) is 0.316. The van der Waals surface area contributed by atoms with E-state index in [-0.39, 0.29) is 5.75 Å². The molecule has 9 heteroatoms. The van der Waals surface area contributed by atoms with Gasteiger partial charge in [-0.1, -0.05) is 0 Å². The van der Waals surface area contributed by atoms with E-state index >= 15 is 0 Å². The van der Waals surface area contributed by atoms with E-state index in [1.54, 1.807) is 14.2 Å². The molecular formula is C19H21F3N2O3S. The van der Waals surface area contributed by atoms with Crippen LogP contribution in [0.4, 0.5) is 18.9 Å². The van der Waals surface area contributed by atoms with Crippen molar-refractivity contribution in [3.63, 3.8) is 0 Å². The van der Waals surface area contributed by atoms with Crippen LogP contribution in [-0.2, 0) is 6.54 Å². The van der Waals surface area contributed by atoms with Crippen LogP contribution >= 0.6 is 12.2 Å². The number of nitrogens with one attached hydrogen (secondary N) is 1. The molecule has 0 aromatic heterocycles. The number of methoxy groups -OCH3 is 2. The van der Waals surface area contributed by atoms with E-state index in [1.165, 1.54) is 24.3 Å². The lowest BCUT2D eigenvalue weighted by Crippen LogP contribution is -2.30. The number of aryl methyl sites for hydroxylation is 1. The van der Waals surface area contributed by atoms with Gasteiger partial charge in [-0.05, 0) is 66.7 Å². The largest absolute Gasteiger partial charge is 0.573 e. The molecule has 0 saturated heterocycles. The number of rotatable bonds is 6. The summed E-state index contributed by atoms with van der Waals surface area (Å²) in [4.78, 5) is 1.81. The SMILES string of the molecule is COc1cc(C)c(CN(C)C(=S)Nc2ccc(OC(F)(F)F)cc2)cc1OC. The van der Waals surface area contributed by atoms with Crippen molar-refractivity contribution in [1.82, 2.24) is 4.90 Å². The predicted molar refractivity (Wildman–Crippen MR) is 105 cm³/mol. The Morgan fingerprint density at radius 3 is 2.18 bits per heavy atom. The van der Waals surface area contributed by atoms with Crippen molar-refractivity contribution in [1.29, 1.82) is 0 Å². The van der Waals surface area contributed by atoms with Gasteiger partial charge in [-0.2, -0.15) is 0 Å². The lowest BCUT2D eigenvalue weighted by molar-refractivity contribution is -0.274. The molecule has 0 unspecified atom stereocenters. The normalized spacial score (nSPS) is 11.0. The van der Waals surface area contributed by atoms with Gasteiger partial charge in [-0.15, -0.1) is 13.2 Å². The zero-order valence-electron chi connectivity index (χ0n) is 15.9. The maximum Gasteiger partial charge on any atom is 0.573 e. The van der Waals surface area contributed by atoms with Crippen molar-refractivity contribution in [2.75, 3.05) is 26.6 Å². The number of hydrogen-bond donors (Lipinski definition) is 1. The highest BCUT2D eigenvalue weighted by Gasteiger charge is 2.30. The smallest absolute Gasteiger partial charge is 0.493 e. The fourth-order valence-electron chi connectivity index (χ4n) is 2.48. The van der Waals surface area contributed by atoms with E-state index in [0.29, 0.717) is 28.8 Å². The van der Waals surface area contributed by atoms with Crippen LogP contribution in [-0.4, -0.2) is 37.6 Å². The second-order valence-electron chi connectivity index (χ2n) is 5.99. The van der Waals surface area contributed by atoms with Crippen LogP contribution in [0.5, 0.6) is 17.2 Å². The van der Waals surface area contributed by atoms with Crippen LogP contribution in [0, 0.1) is 6.92 Å². The molecule has 0 saturated carbocycles. The van der Waals surface area contributed by atoms with Crippen molar-refractivity contribution in [3.05, 3.63) is 47.5 Å². The minimum Gasteiger partial charge on any atom is -0.493 e. The Hall–Kier alpha value is -2.68. The number of ether oxygens (including phenoxy) is 3. The van der Waals surface area contributed by atoms with Gasteiger partial charge in [-0.25, -0.2) is 0 Å². The lowest BCUT2D eigenvalue weighted by atomic mass is 10.1. The van der Waals surface area contributed by atoms with Crippen molar-refractivity contribution >= 4 is 23.0 Å². The molecular weight excluding hydrogens is 393 g/mol. The summed E-state index contributed by atoms with van der Waals surface area (Å²) in [6.45, 7) is 2.47. The third-order valence-corrected chi connectivity index (χ3v) is 4.35. The van der Waals surface area contributed by atoms with E-state index in [9.17, 15) is 13.2 Å². The zero-order valence-corrected chi connectivity index (χ0v) is 16.7. The number of thiocarbonyl (C=S) groups is 1. The Labute approximate surface area is 167 Å². The van der Waals surface area contributed by atoms with Crippen molar-refractivity contribution in [2.45, 2.75) is 19.8 Å². The topological polar surface area (TPSA) is 43.0 Å². The van der Waals surface area contributed by atoms with Crippen LogP contribution in [0.2, 0.25) is 0 Å². The summed E-state index contributed by atoms with van der Waals surface area (Å²) in [7, 11) is 4.96. The molecule has 0 aliphatic rings. The summed E-state index contributed by atoms with van der Waals surface area (Å²) >= 11 is 5.38. The second kappa shape index (κ2) is 9.01. The molecule has 0 spiro atoms. The van der Waals surface area contributed by atoms with Crippen LogP contribution in [0.15, 0.2) is 36.4 Å². The first-order valence-corrected chi connectivity index (χ1v) is 8.63. The number of halogens is 3. The molecule has 0 atom stereocenters. The summed E-state index contributed by atoms with van der Waals surface area (Å²) in [6.07, 6.45) is -4.72. The summed E-state index contributed by atoms with van der Waals surface area (Å²) < 4.78 is 51.1. The van der Waals surface area contributed by atoms with Gasteiger partial charge < -0.3 is 24.4 Å². The molecule has 0 bridgehead atoms. The summed E-state index contributed by atoms with van der Waals surface area (Å²) in [5, 5.41) is 3.40. The number of anilines is 1. The third-order valence-electron chi connectivity index (χ3n) is 3.94. The van der Waals surface area contributed by atoms with Crippen molar-refractivity contribution in [3.8, 4) is 17.2 Å². The number of alkyl halides is 3. The predicted octanol–water partition coefficient (Wildman–Crippen LogP) is 4.74. The molecule has 1 N–H and O–H groups in total. The molecule has 28 heavy (non-hydrogen) atoms. The van der Waals surface area contributed by atoms with Crippen LogP contribution in [0.1, 0.15) is 11.1 Å². The molecule has 2 aromatic rings. The molecule has 2 rings (SSSR count). The van der Waals surface area contributed by atoms with E-state index < -0.39 is 6.36 Å². The van der Waals surface area contributed by atoms with Gasteiger partial charge in [-0.3, -0.25) is 0 Å². The van der Waals surface area contributed by atoms with E-state index in [1.807, 2.05) is 31.0 Å². The minimum absolute atomic E-state index is 0.293. The third kappa shape index (κ3) is 5.91. The standard InChI is InChI=1S/C19H21F3N2O3S/c1-12-9-16(25-3)17(26-4)10-13(12)11-24(2)18(28)23-14-5-7-15(8-6-14)27-19(20,21)22/h5-10H,11H2,1-4H3,(H,23,28). The van der Waals surface area contributed by atoms with Gasteiger partial charge in [0, 0.05) is 19.3 Å². The Bertz CT molecular complexity index is 826. The van der Waals surface area contributed by atoms with Gasteiger partial charge in [0.25, 0.3) is 0 Å². The molecule has 0 radical (unpaired) electrons. The average molecular weight is 414 g/mol. The van der Waals surface area contributed by atoms with Crippen LogP contribution < -0.4 is 19.5 Å². The first-order chi connectivity index (χ1) is 13.1. The van der Waals surface area contributed by atoms with E-state index in [4.69, 9.17) is 21.7 Å². The average Bonchev–Trinajstić information content (AvgIpc) is 2.63. The second-order valence-corrected chi connectivity index (χ2v) is 6.38. The minimum atomic E-state index is -4.72.